The van der Waals surface area contributed by atoms with E-state index in [-0.39, 0.29) is 16.3 Å². The van der Waals surface area contributed by atoms with E-state index in [2.05, 4.69) is 0 Å². The number of carboxylic acid groups (broad SMARTS) is 1. The number of rotatable bonds is 3. The smallest absolute Gasteiger partial charge is 0.339 e. The van der Waals surface area contributed by atoms with Crippen molar-refractivity contribution in [2.45, 2.75) is 0 Å². The third-order valence-corrected chi connectivity index (χ3v) is 3.05. The van der Waals surface area contributed by atoms with Crippen LogP contribution in [0.5, 0.6) is 11.5 Å². The van der Waals surface area contributed by atoms with Crippen LogP contribution < -0.4 is 4.74 Å². The van der Waals surface area contributed by atoms with Gasteiger partial charge in [-0.3, -0.25) is 0 Å². The minimum absolute atomic E-state index is 0.00424. The molecule has 0 saturated heterocycles. The fourth-order valence-corrected chi connectivity index (χ4v) is 2.04. The second kappa shape index (κ2) is 5.70. The Balaban J connectivity index is 2.42. The zero-order valence-electron chi connectivity index (χ0n) is 9.36. The third kappa shape index (κ3) is 3.32. The molecule has 2 aromatic rings. The molecule has 0 aliphatic carbocycles. The van der Waals surface area contributed by atoms with Crippen molar-refractivity contribution in [3.05, 3.63) is 57.0 Å². The van der Waals surface area contributed by atoms with Crippen molar-refractivity contribution in [2.24, 2.45) is 0 Å². The lowest BCUT2D eigenvalue weighted by atomic mass is 10.2. The monoisotopic (exact) mass is 316 g/mol. The Labute approximate surface area is 124 Å². The highest BCUT2D eigenvalue weighted by molar-refractivity contribution is 6.35. The number of carboxylic acids is 1. The lowest BCUT2D eigenvalue weighted by Crippen LogP contribution is -2.00. The average Bonchev–Trinajstić information content (AvgIpc) is 2.32. The molecule has 0 heterocycles. The quantitative estimate of drug-likeness (QED) is 0.853. The summed E-state index contributed by atoms with van der Waals surface area (Å²) in [6.45, 7) is 0. The lowest BCUT2D eigenvalue weighted by molar-refractivity contribution is 0.0694. The van der Waals surface area contributed by atoms with Gasteiger partial charge in [-0.1, -0.05) is 34.8 Å². The van der Waals surface area contributed by atoms with Gasteiger partial charge in [-0.25, -0.2) is 4.79 Å². The summed E-state index contributed by atoms with van der Waals surface area (Å²) in [6, 6.07) is 8.90. The summed E-state index contributed by atoms with van der Waals surface area (Å²) in [5, 5.41) is 10.2. The van der Waals surface area contributed by atoms with Gasteiger partial charge in [-0.05, 0) is 30.3 Å². The second-order valence-corrected chi connectivity index (χ2v) is 4.90. The predicted molar refractivity (Wildman–Crippen MR) is 74.9 cm³/mol. The van der Waals surface area contributed by atoms with Gasteiger partial charge >= 0.3 is 5.97 Å². The van der Waals surface area contributed by atoms with Gasteiger partial charge in [0.25, 0.3) is 0 Å². The molecule has 0 aliphatic heterocycles. The number of hydrogen-bond acceptors (Lipinski definition) is 2. The van der Waals surface area contributed by atoms with Crippen LogP contribution in [0.2, 0.25) is 15.1 Å². The van der Waals surface area contributed by atoms with E-state index < -0.39 is 5.97 Å². The molecular formula is C13H7Cl3O3. The Morgan fingerprint density at radius 2 is 1.58 bits per heavy atom. The van der Waals surface area contributed by atoms with E-state index in [0.717, 1.165) is 0 Å². The molecule has 1 N–H and O–H groups in total. The summed E-state index contributed by atoms with van der Waals surface area (Å²) in [5.74, 6) is -0.697. The van der Waals surface area contributed by atoms with Crippen LogP contribution in [0.15, 0.2) is 36.4 Å². The molecule has 0 amide bonds. The Morgan fingerprint density at radius 1 is 0.947 bits per heavy atom. The van der Waals surface area contributed by atoms with Crippen LogP contribution in [0.25, 0.3) is 0 Å². The van der Waals surface area contributed by atoms with Crippen LogP contribution in [-0.4, -0.2) is 11.1 Å². The van der Waals surface area contributed by atoms with Crippen molar-refractivity contribution in [1.82, 2.24) is 0 Å². The van der Waals surface area contributed by atoms with Gasteiger partial charge in [0.2, 0.25) is 0 Å². The van der Waals surface area contributed by atoms with E-state index in [0.29, 0.717) is 15.8 Å². The molecule has 0 aromatic heterocycles. The Morgan fingerprint density at radius 3 is 2.21 bits per heavy atom. The first kappa shape index (κ1) is 14.0. The number of ether oxygens (including phenoxy) is 1. The average molecular weight is 318 g/mol. The van der Waals surface area contributed by atoms with E-state index in [4.69, 9.17) is 44.6 Å². The highest BCUT2D eigenvalue weighted by Crippen LogP contribution is 2.34. The van der Waals surface area contributed by atoms with E-state index >= 15 is 0 Å². The first-order valence-electron chi connectivity index (χ1n) is 5.13. The summed E-state index contributed by atoms with van der Waals surface area (Å²) in [4.78, 5) is 11.1. The van der Waals surface area contributed by atoms with Crippen molar-refractivity contribution in [2.75, 3.05) is 0 Å². The fourth-order valence-electron chi connectivity index (χ4n) is 1.43. The van der Waals surface area contributed by atoms with Crippen molar-refractivity contribution in [1.29, 1.82) is 0 Å². The number of aromatic carboxylic acids is 1. The molecule has 0 saturated carbocycles. The molecule has 2 aromatic carbocycles. The highest BCUT2D eigenvalue weighted by atomic mass is 35.5. The highest BCUT2D eigenvalue weighted by Gasteiger charge is 2.14. The van der Waals surface area contributed by atoms with Gasteiger partial charge in [-0.2, -0.15) is 0 Å². The van der Waals surface area contributed by atoms with Gasteiger partial charge in [0, 0.05) is 16.1 Å². The van der Waals surface area contributed by atoms with Crippen molar-refractivity contribution >= 4 is 40.8 Å². The minimum atomic E-state index is -1.11. The normalized spacial score (nSPS) is 10.3. The molecule has 0 bridgehead atoms. The molecular weight excluding hydrogens is 310 g/mol. The number of benzene rings is 2. The number of halogens is 3. The van der Waals surface area contributed by atoms with Crippen LogP contribution >= 0.6 is 34.8 Å². The molecule has 3 nitrogen and oxygen atoms in total. The van der Waals surface area contributed by atoms with E-state index in [1.54, 1.807) is 12.1 Å². The van der Waals surface area contributed by atoms with Gasteiger partial charge in [-0.15, -0.1) is 0 Å². The third-order valence-electron chi connectivity index (χ3n) is 2.29. The molecule has 0 spiro atoms. The van der Waals surface area contributed by atoms with Gasteiger partial charge in [0.05, 0.1) is 5.02 Å². The molecule has 0 radical (unpaired) electrons. The fraction of sp³-hybridized carbons (Fsp3) is 0. The van der Waals surface area contributed by atoms with E-state index in [1.165, 1.54) is 24.3 Å². The zero-order chi connectivity index (χ0) is 14.0. The molecule has 0 aliphatic rings. The zero-order valence-corrected chi connectivity index (χ0v) is 11.6. The predicted octanol–water partition coefficient (Wildman–Crippen LogP) is 5.14. The summed E-state index contributed by atoms with van der Waals surface area (Å²) in [5.41, 5.74) is -0.00424. The van der Waals surface area contributed by atoms with Crippen LogP contribution in [0, 0.1) is 0 Å². The van der Waals surface area contributed by atoms with Crippen LogP contribution in [0.3, 0.4) is 0 Å². The largest absolute Gasteiger partial charge is 0.478 e. The van der Waals surface area contributed by atoms with Crippen molar-refractivity contribution in [3.63, 3.8) is 0 Å². The number of carbonyl (C=O) groups is 1. The second-order valence-electron chi connectivity index (χ2n) is 3.62. The maximum absolute atomic E-state index is 11.1. The van der Waals surface area contributed by atoms with Crippen LogP contribution in [-0.2, 0) is 0 Å². The SMILES string of the molecule is O=C(O)c1ccc(Cl)cc1Oc1ccc(Cl)cc1Cl. The topological polar surface area (TPSA) is 46.5 Å². The molecule has 98 valence electrons. The van der Waals surface area contributed by atoms with E-state index in [1.807, 2.05) is 0 Å². The maximum Gasteiger partial charge on any atom is 0.339 e. The van der Waals surface area contributed by atoms with Crippen molar-refractivity contribution in [3.8, 4) is 11.5 Å². The van der Waals surface area contributed by atoms with Crippen LogP contribution in [0.1, 0.15) is 10.4 Å². The molecule has 0 fully saturated rings. The summed E-state index contributed by atoms with van der Waals surface area (Å²) >= 11 is 17.6. The van der Waals surface area contributed by atoms with E-state index in [9.17, 15) is 4.79 Å². The molecule has 6 heteroatoms. The van der Waals surface area contributed by atoms with Gasteiger partial charge in [0.1, 0.15) is 17.1 Å². The van der Waals surface area contributed by atoms with Gasteiger partial charge < -0.3 is 9.84 Å². The Bertz CT molecular complexity index is 641. The maximum atomic E-state index is 11.1. The molecule has 0 atom stereocenters. The molecule has 0 unspecified atom stereocenters. The summed E-state index contributed by atoms with van der Waals surface area (Å²) < 4.78 is 5.48. The minimum Gasteiger partial charge on any atom is -0.478 e. The van der Waals surface area contributed by atoms with Gasteiger partial charge in [0.15, 0.2) is 0 Å². The lowest BCUT2D eigenvalue weighted by Gasteiger charge is -2.10. The first-order valence-corrected chi connectivity index (χ1v) is 6.26. The summed E-state index contributed by atoms with van der Waals surface area (Å²) in [7, 11) is 0. The Hall–Kier alpha value is -1.42. The molecule has 2 rings (SSSR count). The number of hydrogen-bond donors (Lipinski definition) is 1. The van der Waals surface area contributed by atoms with Crippen molar-refractivity contribution < 1.29 is 14.6 Å². The molecule has 19 heavy (non-hydrogen) atoms. The van der Waals surface area contributed by atoms with Crippen LogP contribution in [0.4, 0.5) is 0 Å². The Kier molecular flexibility index (Phi) is 4.20. The first-order chi connectivity index (χ1) is 8.97. The standard InChI is InChI=1S/C13H7Cl3O3/c14-7-2-4-11(10(16)5-7)19-12-6-8(15)1-3-9(12)13(17)18/h1-6H,(H,17,18). The summed E-state index contributed by atoms with van der Waals surface area (Å²) in [6.07, 6.45) is 0.